The highest BCUT2D eigenvalue weighted by Gasteiger charge is 2.37. The van der Waals surface area contributed by atoms with E-state index in [2.05, 4.69) is 4.74 Å². The summed E-state index contributed by atoms with van der Waals surface area (Å²) in [4.78, 5) is 11.6. The third-order valence-electron chi connectivity index (χ3n) is 3.29. The van der Waals surface area contributed by atoms with Crippen LogP contribution in [0.15, 0.2) is 12.1 Å². The van der Waals surface area contributed by atoms with E-state index >= 15 is 0 Å². The lowest BCUT2D eigenvalue weighted by Gasteiger charge is -2.13. The average Bonchev–Trinajstić information content (AvgIpc) is 2.73. The van der Waals surface area contributed by atoms with Crippen LogP contribution in [0.5, 0.6) is 11.5 Å². The molecular formula is C13H16O5. The van der Waals surface area contributed by atoms with E-state index in [1.165, 1.54) is 14.2 Å². The highest BCUT2D eigenvalue weighted by Crippen LogP contribution is 2.42. The summed E-state index contributed by atoms with van der Waals surface area (Å²) in [7, 11) is 4.40. The predicted molar refractivity (Wildman–Crippen MR) is 63.7 cm³/mol. The van der Waals surface area contributed by atoms with Crippen LogP contribution in [0.3, 0.4) is 0 Å². The van der Waals surface area contributed by atoms with E-state index in [4.69, 9.17) is 9.47 Å². The van der Waals surface area contributed by atoms with Crippen LogP contribution in [-0.4, -0.2) is 32.4 Å². The van der Waals surface area contributed by atoms with Crippen molar-refractivity contribution >= 4 is 5.97 Å². The topological polar surface area (TPSA) is 65.0 Å². The lowest BCUT2D eigenvalue weighted by atomic mass is 10.0. The average molecular weight is 252 g/mol. The van der Waals surface area contributed by atoms with Crippen molar-refractivity contribution in [2.24, 2.45) is 5.92 Å². The van der Waals surface area contributed by atoms with Crippen LogP contribution in [0.25, 0.3) is 0 Å². The van der Waals surface area contributed by atoms with E-state index < -0.39 is 18.0 Å². The Labute approximate surface area is 105 Å². The molecule has 0 fully saturated rings. The van der Waals surface area contributed by atoms with Gasteiger partial charge in [0.25, 0.3) is 0 Å². The zero-order valence-electron chi connectivity index (χ0n) is 10.6. The van der Waals surface area contributed by atoms with Crippen molar-refractivity contribution < 1.29 is 24.1 Å². The molecule has 1 N–H and O–H groups in total. The number of hydrogen-bond donors (Lipinski definition) is 1. The minimum Gasteiger partial charge on any atom is -0.493 e. The first-order valence-corrected chi connectivity index (χ1v) is 5.63. The second-order valence-electron chi connectivity index (χ2n) is 4.18. The standard InChI is InChI=1S/C13H16O5/c1-16-10-5-7-4-9(13(15)18-3)12(14)8(7)6-11(10)17-2/h5-6,9,12,14H,4H2,1-3H3. The Morgan fingerprint density at radius 3 is 2.39 bits per heavy atom. The van der Waals surface area contributed by atoms with E-state index in [9.17, 15) is 9.90 Å². The molecule has 98 valence electrons. The number of aliphatic hydroxyl groups is 1. The van der Waals surface area contributed by atoms with Crippen LogP contribution in [0.4, 0.5) is 0 Å². The van der Waals surface area contributed by atoms with Gasteiger partial charge in [-0.2, -0.15) is 0 Å². The molecule has 0 aromatic heterocycles. The molecule has 5 nitrogen and oxygen atoms in total. The second kappa shape index (κ2) is 4.86. The zero-order chi connectivity index (χ0) is 13.3. The first kappa shape index (κ1) is 12.7. The van der Waals surface area contributed by atoms with Crippen molar-refractivity contribution in [1.29, 1.82) is 0 Å². The van der Waals surface area contributed by atoms with E-state index in [1.807, 2.05) is 0 Å². The third-order valence-corrected chi connectivity index (χ3v) is 3.29. The van der Waals surface area contributed by atoms with Crippen molar-refractivity contribution in [2.45, 2.75) is 12.5 Å². The molecule has 0 heterocycles. The maximum atomic E-state index is 11.6. The van der Waals surface area contributed by atoms with Crippen molar-refractivity contribution in [2.75, 3.05) is 21.3 Å². The minimum absolute atomic E-state index is 0.406. The summed E-state index contributed by atoms with van der Waals surface area (Å²) >= 11 is 0. The summed E-state index contributed by atoms with van der Waals surface area (Å²) in [6.45, 7) is 0. The molecule has 2 unspecified atom stereocenters. The van der Waals surface area contributed by atoms with Gasteiger partial charge in [-0.15, -0.1) is 0 Å². The summed E-state index contributed by atoms with van der Waals surface area (Å²) < 4.78 is 15.1. The number of benzene rings is 1. The fraction of sp³-hybridized carbons (Fsp3) is 0.462. The maximum Gasteiger partial charge on any atom is 0.311 e. The molecule has 0 saturated heterocycles. The normalized spacial score (nSPS) is 21.3. The number of methoxy groups -OCH3 is 3. The summed E-state index contributed by atoms with van der Waals surface area (Å²) in [5.41, 5.74) is 1.58. The lowest BCUT2D eigenvalue weighted by molar-refractivity contribution is -0.148. The Hall–Kier alpha value is -1.75. The van der Waals surface area contributed by atoms with Crippen molar-refractivity contribution in [3.63, 3.8) is 0 Å². The van der Waals surface area contributed by atoms with E-state index in [-0.39, 0.29) is 0 Å². The molecule has 1 aliphatic carbocycles. The molecule has 1 aliphatic rings. The molecule has 1 aromatic carbocycles. The lowest BCUT2D eigenvalue weighted by Crippen LogP contribution is -2.20. The molecule has 0 radical (unpaired) electrons. The number of rotatable bonds is 3. The Bertz CT molecular complexity index is 469. The number of carbonyl (C=O) groups excluding carboxylic acids is 1. The van der Waals surface area contributed by atoms with Gasteiger partial charge in [-0.05, 0) is 29.7 Å². The molecule has 0 saturated carbocycles. The van der Waals surface area contributed by atoms with Gasteiger partial charge >= 0.3 is 5.97 Å². The SMILES string of the molecule is COC(=O)C1Cc2cc(OC)c(OC)cc2C1O. The van der Waals surface area contributed by atoms with E-state index in [0.717, 1.165) is 5.56 Å². The molecule has 2 atom stereocenters. The molecule has 18 heavy (non-hydrogen) atoms. The Morgan fingerprint density at radius 1 is 1.22 bits per heavy atom. The molecule has 1 aromatic rings. The van der Waals surface area contributed by atoms with E-state index in [1.54, 1.807) is 19.2 Å². The van der Waals surface area contributed by atoms with Crippen molar-refractivity contribution in [3.8, 4) is 11.5 Å². The second-order valence-corrected chi connectivity index (χ2v) is 4.18. The third kappa shape index (κ3) is 1.90. The van der Waals surface area contributed by atoms with Gasteiger partial charge in [0.05, 0.1) is 33.4 Å². The number of ether oxygens (including phenoxy) is 3. The number of aliphatic hydroxyl groups excluding tert-OH is 1. The van der Waals surface area contributed by atoms with Gasteiger partial charge in [0, 0.05) is 0 Å². The molecule has 5 heteroatoms. The Kier molecular flexibility index (Phi) is 3.43. The van der Waals surface area contributed by atoms with Crippen LogP contribution in [-0.2, 0) is 16.0 Å². The summed E-state index contributed by atoms with van der Waals surface area (Å²) in [6.07, 6.45) is -0.406. The summed E-state index contributed by atoms with van der Waals surface area (Å²) in [5.74, 6) is 0.174. The molecule has 0 amide bonds. The van der Waals surface area contributed by atoms with E-state index in [0.29, 0.717) is 23.5 Å². The van der Waals surface area contributed by atoms with Crippen LogP contribution < -0.4 is 9.47 Å². The predicted octanol–water partition coefficient (Wildman–Crippen LogP) is 1.08. The fourth-order valence-electron chi connectivity index (χ4n) is 2.32. The number of esters is 1. The molecular weight excluding hydrogens is 236 g/mol. The van der Waals surface area contributed by atoms with Gasteiger partial charge in [0.15, 0.2) is 11.5 Å². The van der Waals surface area contributed by atoms with Crippen LogP contribution in [0.2, 0.25) is 0 Å². The largest absolute Gasteiger partial charge is 0.493 e. The fourth-order valence-corrected chi connectivity index (χ4v) is 2.32. The first-order valence-electron chi connectivity index (χ1n) is 5.63. The summed E-state index contributed by atoms with van der Waals surface area (Å²) in [5, 5.41) is 10.1. The Morgan fingerprint density at radius 2 is 1.83 bits per heavy atom. The minimum atomic E-state index is -0.854. The van der Waals surface area contributed by atoms with Gasteiger partial charge in [-0.1, -0.05) is 0 Å². The van der Waals surface area contributed by atoms with Gasteiger partial charge in [0.2, 0.25) is 0 Å². The highest BCUT2D eigenvalue weighted by atomic mass is 16.5. The van der Waals surface area contributed by atoms with Gasteiger partial charge in [0.1, 0.15) is 0 Å². The maximum absolute atomic E-state index is 11.6. The van der Waals surface area contributed by atoms with Crippen molar-refractivity contribution in [1.82, 2.24) is 0 Å². The van der Waals surface area contributed by atoms with Crippen LogP contribution >= 0.6 is 0 Å². The number of carbonyl (C=O) groups is 1. The van der Waals surface area contributed by atoms with Gasteiger partial charge < -0.3 is 19.3 Å². The highest BCUT2D eigenvalue weighted by molar-refractivity contribution is 5.75. The number of hydrogen-bond acceptors (Lipinski definition) is 5. The van der Waals surface area contributed by atoms with Crippen molar-refractivity contribution in [3.05, 3.63) is 23.3 Å². The van der Waals surface area contributed by atoms with Gasteiger partial charge in [-0.25, -0.2) is 0 Å². The molecule has 0 aliphatic heterocycles. The molecule has 0 spiro atoms. The molecule has 0 bridgehead atoms. The van der Waals surface area contributed by atoms with Crippen LogP contribution in [0.1, 0.15) is 17.2 Å². The van der Waals surface area contributed by atoms with Crippen LogP contribution in [0, 0.1) is 5.92 Å². The van der Waals surface area contributed by atoms with Gasteiger partial charge in [-0.3, -0.25) is 4.79 Å². The monoisotopic (exact) mass is 252 g/mol. The number of fused-ring (bicyclic) bond motifs is 1. The zero-order valence-corrected chi connectivity index (χ0v) is 10.6. The quantitative estimate of drug-likeness (QED) is 0.815. The summed E-state index contributed by atoms with van der Waals surface area (Å²) in [6, 6.07) is 3.50. The smallest absolute Gasteiger partial charge is 0.311 e. The molecule has 2 rings (SSSR count). The Balaban J connectivity index is 2.39. The first-order chi connectivity index (χ1) is 8.62.